The van der Waals surface area contributed by atoms with E-state index in [9.17, 15) is 0 Å². The van der Waals surface area contributed by atoms with Crippen LogP contribution in [0.5, 0.6) is 0 Å². The highest BCUT2D eigenvalue weighted by atomic mass is 14.2. The highest BCUT2D eigenvalue weighted by Crippen LogP contribution is 2.35. The molecular weight excluding hydrogens is 372 g/mol. The maximum Gasteiger partial charge on any atom is -0.0118 e. The van der Waals surface area contributed by atoms with Gasteiger partial charge in [0.25, 0.3) is 0 Å². The Balaban J connectivity index is 1.42. The summed E-state index contributed by atoms with van der Waals surface area (Å²) in [5, 5.41) is 0. The van der Waals surface area contributed by atoms with Gasteiger partial charge in [-0.15, -0.1) is 0 Å². The van der Waals surface area contributed by atoms with E-state index in [4.69, 9.17) is 0 Å². The zero-order valence-electron chi connectivity index (χ0n) is 19.2. The summed E-state index contributed by atoms with van der Waals surface area (Å²) in [5.41, 5.74) is 10.2. The Morgan fingerprint density at radius 1 is 0.806 bits per heavy atom. The van der Waals surface area contributed by atoms with E-state index in [1.807, 2.05) is 0 Å². The predicted molar refractivity (Wildman–Crippen MR) is 135 cm³/mol. The molecular formula is C31H36. The number of hydrogen-bond acceptors (Lipinski definition) is 0. The van der Waals surface area contributed by atoms with Crippen LogP contribution in [0.4, 0.5) is 0 Å². The van der Waals surface area contributed by atoms with Crippen molar-refractivity contribution in [1.82, 2.24) is 0 Å². The van der Waals surface area contributed by atoms with Gasteiger partial charge in [-0.25, -0.2) is 0 Å². The lowest BCUT2D eigenvalue weighted by molar-refractivity contribution is 0.585. The zero-order valence-corrected chi connectivity index (χ0v) is 19.2. The minimum absolute atomic E-state index is 0.662. The average molecular weight is 409 g/mol. The summed E-state index contributed by atoms with van der Waals surface area (Å²) in [6.45, 7) is 4.35. The molecule has 3 aromatic rings. The van der Waals surface area contributed by atoms with Crippen molar-refractivity contribution in [2.75, 3.05) is 0 Å². The number of allylic oxidation sites excluding steroid dienone is 2. The second-order valence-corrected chi connectivity index (χ2v) is 9.07. The molecule has 0 nitrogen and oxygen atoms in total. The third kappa shape index (κ3) is 5.56. The molecule has 4 rings (SSSR count). The Hall–Kier alpha value is -2.60. The summed E-state index contributed by atoms with van der Waals surface area (Å²) < 4.78 is 0. The molecule has 160 valence electrons. The molecule has 0 spiro atoms. The fraction of sp³-hybridized carbons (Fsp3) is 0.355. The highest BCUT2D eigenvalue weighted by Gasteiger charge is 2.20. The van der Waals surface area contributed by atoms with Crippen LogP contribution in [0.25, 0.3) is 11.1 Å². The van der Waals surface area contributed by atoms with Gasteiger partial charge in [-0.05, 0) is 96.7 Å². The van der Waals surface area contributed by atoms with Crippen LogP contribution in [-0.4, -0.2) is 0 Å². The third-order valence-electron chi connectivity index (χ3n) is 6.83. The van der Waals surface area contributed by atoms with Crippen molar-refractivity contribution < 1.29 is 0 Å². The fourth-order valence-corrected chi connectivity index (χ4v) is 4.84. The maximum absolute atomic E-state index is 2.44. The summed E-state index contributed by atoms with van der Waals surface area (Å²) in [5.74, 6) is 0.662. The van der Waals surface area contributed by atoms with Crippen molar-refractivity contribution in [3.05, 3.63) is 107 Å². The summed E-state index contributed by atoms with van der Waals surface area (Å²) in [6, 6.07) is 25.8. The molecule has 0 saturated carbocycles. The van der Waals surface area contributed by atoms with E-state index >= 15 is 0 Å². The van der Waals surface area contributed by atoms with Gasteiger partial charge < -0.3 is 0 Å². The molecule has 3 aromatic carbocycles. The Morgan fingerprint density at radius 3 is 2.26 bits per heavy atom. The molecule has 0 bridgehead atoms. The van der Waals surface area contributed by atoms with Crippen LogP contribution in [0.3, 0.4) is 0 Å². The summed E-state index contributed by atoms with van der Waals surface area (Å²) in [6.07, 6.45) is 14.0. The number of benzene rings is 3. The fourth-order valence-electron chi connectivity index (χ4n) is 4.84. The van der Waals surface area contributed by atoms with Crippen LogP contribution in [0.1, 0.15) is 73.3 Å². The molecule has 1 aliphatic rings. The molecule has 1 atom stereocenters. The first-order chi connectivity index (χ1) is 15.3. The van der Waals surface area contributed by atoms with Gasteiger partial charge in [-0.3, -0.25) is 0 Å². The van der Waals surface area contributed by atoms with E-state index in [2.05, 4.69) is 92.7 Å². The molecule has 0 saturated heterocycles. The maximum atomic E-state index is 2.44. The molecule has 0 heterocycles. The molecule has 0 radical (unpaired) electrons. The van der Waals surface area contributed by atoms with Gasteiger partial charge in [0.2, 0.25) is 0 Å². The van der Waals surface area contributed by atoms with Gasteiger partial charge in [-0.1, -0.05) is 92.2 Å². The highest BCUT2D eigenvalue weighted by molar-refractivity contribution is 5.65. The van der Waals surface area contributed by atoms with Crippen LogP contribution >= 0.6 is 0 Å². The number of rotatable bonds is 8. The molecule has 0 N–H and O–H groups in total. The smallest absolute Gasteiger partial charge is 0.0118 e. The van der Waals surface area contributed by atoms with E-state index in [0.29, 0.717) is 5.92 Å². The van der Waals surface area contributed by atoms with Crippen LogP contribution in [0, 0.1) is 0 Å². The minimum Gasteiger partial charge on any atom is -0.0917 e. The molecule has 0 amide bonds. The lowest BCUT2D eigenvalue weighted by Crippen LogP contribution is -2.13. The SMILES string of the molecule is C/C=C/CCc1ccc(-c2ccc3c(c2)CCC(c2ccc(CCCC)cc2)C3)cc1. The van der Waals surface area contributed by atoms with Gasteiger partial charge in [0, 0.05) is 0 Å². The standard InChI is InChI=1S/C31H36/c1-3-5-7-9-25-12-16-27(17-13-25)29-19-21-30-22-28(18-20-31(30)23-29)26-14-10-24(11-15-26)8-6-4-2/h3,5,10-17,19,21,23,28H,4,6-9,18,20,22H2,1-2H3/b5-3+. The zero-order chi connectivity index (χ0) is 21.5. The van der Waals surface area contributed by atoms with Gasteiger partial charge in [0.15, 0.2) is 0 Å². The van der Waals surface area contributed by atoms with E-state index in [-0.39, 0.29) is 0 Å². The molecule has 0 aromatic heterocycles. The first-order valence-electron chi connectivity index (χ1n) is 12.2. The summed E-state index contributed by atoms with van der Waals surface area (Å²) in [4.78, 5) is 0. The van der Waals surface area contributed by atoms with Gasteiger partial charge >= 0.3 is 0 Å². The van der Waals surface area contributed by atoms with Crippen LogP contribution in [0.2, 0.25) is 0 Å². The first kappa shape index (κ1) is 21.6. The Labute approximate surface area is 189 Å². The second kappa shape index (κ2) is 10.6. The normalized spacial score (nSPS) is 15.9. The van der Waals surface area contributed by atoms with Crippen LogP contribution < -0.4 is 0 Å². The van der Waals surface area contributed by atoms with Crippen LogP contribution in [0.15, 0.2) is 78.9 Å². The molecule has 1 aliphatic carbocycles. The largest absolute Gasteiger partial charge is 0.0917 e. The predicted octanol–water partition coefficient (Wildman–Crippen LogP) is 8.48. The van der Waals surface area contributed by atoms with E-state index in [1.165, 1.54) is 71.9 Å². The van der Waals surface area contributed by atoms with E-state index in [1.54, 1.807) is 5.56 Å². The van der Waals surface area contributed by atoms with Gasteiger partial charge in [0.05, 0.1) is 0 Å². The molecule has 1 unspecified atom stereocenters. The Bertz CT molecular complexity index is 989. The van der Waals surface area contributed by atoms with Gasteiger partial charge in [-0.2, -0.15) is 0 Å². The number of fused-ring (bicyclic) bond motifs is 1. The van der Waals surface area contributed by atoms with Crippen molar-refractivity contribution in [3.8, 4) is 11.1 Å². The lowest BCUT2D eigenvalue weighted by Gasteiger charge is -2.26. The van der Waals surface area contributed by atoms with Crippen molar-refractivity contribution in [2.24, 2.45) is 0 Å². The van der Waals surface area contributed by atoms with Crippen LogP contribution in [-0.2, 0) is 25.7 Å². The molecule has 0 aliphatic heterocycles. The molecule has 0 heteroatoms. The van der Waals surface area contributed by atoms with Gasteiger partial charge in [0.1, 0.15) is 0 Å². The van der Waals surface area contributed by atoms with E-state index < -0.39 is 0 Å². The number of hydrogen-bond donors (Lipinski definition) is 0. The number of unbranched alkanes of at least 4 members (excludes halogenated alkanes) is 1. The summed E-state index contributed by atoms with van der Waals surface area (Å²) in [7, 11) is 0. The lowest BCUT2D eigenvalue weighted by atomic mass is 9.79. The third-order valence-corrected chi connectivity index (χ3v) is 6.83. The topological polar surface area (TPSA) is 0 Å². The van der Waals surface area contributed by atoms with Crippen molar-refractivity contribution in [1.29, 1.82) is 0 Å². The Morgan fingerprint density at radius 2 is 1.52 bits per heavy atom. The molecule has 0 fully saturated rings. The van der Waals surface area contributed by atoms with E-state index in [0.717, 1.165) is 12.8 Å². The minimum atomic E-state index is 0.662. The monoisotopic (exact) mass is 408 g/mol. The van der Waals surface area contributed by atoms with Crippen molar-refractivity contribution >= 4 is 0 Å². The molecule has 31 heavy (non-hydrogen) atoms. The Kier molecular flexibility index (Phi) is 7.41. The van der Waals surface area contributed by atoms with Crippen molar-refractivity contribution in [3.63, 3.8) is 0 Å². The number of aryl methyl sites for hydroxylation is 3. The quantitative estimate of drug-likeness (QED) is 0.328. The second-order valence-electron chi connectivity index (χ2n) is 9.07. The first-order valence-corrected chi connectivity index (χ1v) is 12.2. The average Bonchev–Trinajstić information content (AvgIpc) is 2.83. The van der Waals surface area contributed by atoms with Crippen molar-refractivity contribution in [2.45, 2.75) is 71.1 Å². The summed E-state index contributed by atoms with van der Waals surface area (Å²) >= 11 is 0.